The van der Waals surface area contributed by atoms with Gasteiger partial charge in [0, 0.05) is 0 Å². The summed E-state index contributed by atoms with van der Waals surface area (Å²) in [6.07, 6.45) is -4.09. The number of halogens is 3. The minimum atomic E-state index is -4.56. The second kappa shape index (κ2) is 4.52. The molecule has 0 aromatic heterocycles. The Morgan fingerprint density at radius 2 is 1.95 bits per heavy atom. The van der Waals surface area contributed by atoms with Gasteiger partial charge < -0.3 is 10.0 Å². The van der Waals surface area contributed by atoms with E-state index in [4.69, 9.17) is 0 Å². The number of aliphatic hydroxyl groups is 1. The second-order valence-electron chi connectivity index (χ2n) is 4.78. The van der Waals surface area contributed by atoms with Crippen LogP contribution in [0.4, 0.5) is 13.2 Å². The van der Waals surface area contributed by atoms with Crippen LogP contribution in [0, 0.1) is 0 Å². The first-order valence-corrected chi connectivity index (χ1v) is 5.95. The van der Waals surface area contributed by atoms with Crippen molar-refractivity contribution in [1.29, 1.82) is 0 Å². The molecule has 1 amide bonds. The molecule has 1 aliphatic heterocycles. The molecule has 1 saturated heterocycles. The van der Waals surface area contributed by atoms with Crippen molar-refractivity contribution in [2.24, 2.45) is 0 Å². The molecule has 3 nitrogen and oxygen atoms in total. The number of hydrogen-bond donors (Lipinski definition) is 1. The Balaban J connectivity index is 2.22. The van der Waals surface area contributed by atoms with E-state index in [-0.39, 0.29) is 18.7 Å². The van der Waals surface area contributed by atoms with E-state index in [9.17, 15) is 23.1 Å². The van der Waals surface area contributed by atoms with Gasteiger partial charge in [-0.1, -0.05) is 19.1 Å². The van der Waals surface area contributed by atoms with Crippen molar-refractivity contribution in [3.8, 4) is 0 Å². The van der Waals surface area contributed by atoms with E-state index in [0.717, 1.165) is 12.1 Å². The van der Waals surface area contributed by atoms with Gasteiger partial charge in [0.05, 0.1) is 29.8 Å². The number of likely N-dealkylation sites (tertiary alicyclic amines) is 1. The van der Waals surface area contributed by atoms with Gasteiger partial charge in [0.15, 0.2) is 0 Å². The van der Waals surface area contributed by atoms with E-state index in [2.05, 4.69) is 0 Å². The Hall–Kier alpha value is -1.56. The maximum atomic E-state index is 12.8. The first-order chi connectivity index (χ1) is 8.77. The van der Waals surface area contributed by atoms with Gasteiger partial charge in [0.25, 0.3) is 5.91 Å². The predicted octanol–water partition coefficient (Wildman–Crippen LogP) is 2.30. The molecule has 2 rings (SSSR count). The van der Waals surface area contributed by atoms with E-state index in [0.29, 0.717) is 6.42 Å². The Kier molecular flexibility index (Phi) is 3.30. The summed E-state index contributed by atoms with van der Waals surface area (Å²) in [4.78, 5) is 13.2. The summed E-state index contributed by atoms with van der Waals surface area (Å²) in [7, 11) is 0. The molecule has 1 aromatic carbocycles. The first kappa shape index (κ1) is 13.9. The highest BCUT2D eigenvalue weighted by Crippen LogP contribution is 2.34. The quantitative estimate of drug-likeness (QED) is 0.898. The molecule has 1 aromatic rings. The monoisotopic (exact) mass is 273 g/mol. The maximum Gasteiger partial charge on any atom is 0.417 e. The molecule has 1 fully saturated rings. The third-order valence-corrected chi connectivity index (χ3v) is 3.38. The van der Waals surface area contributed by atoms with Crippen LogP contribution in [-0.2, 0) is 6.18 Å². The number of benzene rings is 1. The number of β-amino-alcohol motifs (C(OH)–C–C–N with tert-alkyl or cyclic N) is 1. The number of carbonyl (C=O) groups is 1. The molecule has 6 heteroatoms. The van der Waals surface area contributed by atoms with Crippen molar-refractivity contribution in [3.63, 3.8) is 0 Å². The van der Waals surface area contributed by atoms with Crippen LogP contribution < -0.4 is 0 Å². The van der Waals surface area contributed by atoms with Crippen molar-refractivity contribution in [3.05, 3.63) is 35.4 Å². The summed E-state index contributed by atoms with van der Waals surface area (Å²) in [6, 6.07) is 4.69. The summed E-state index contributed by atoms with van der Waals surface area (Å²) >= 11 is 0. The summed E-state index contributed by atoms with van der Waals surface area (Å²) < 4.78 is 38.4. The van der Waals surface area contributed by atoms with Gasteiger partial charge in [-0.05, 0) is 18.6 Å². The molecule has 1 heterocycles. The number of alkyl halides is 3. The largest absolute Gasteiger partial charge is 0.417 e. The van der Waals surface area contributed by atoms with Crippen molar-refractivity contribution in [1.82, 2.24) is 4.90 Å². The zero-order valence-corrected chi connectivity index (χ0v) is 10.4. The Morgan fingerprint density at radius 1 is 1.37 bits per heavy atom. The Labute approximate surface area is 108 Å². The normalized spacial score (nSPS) is 18.1. The maximum absolute atomic E-state index is 12.8. The van der Waals surface area contributed by atoms with Crippen LogP contribution in [0.1, 0.15) is 29.3 Å². The lowest BCUT2D eigenvalue weighted by Gasteiger charge is -2.46. The van der Waals surface area contributed by atoms with E-state index in [1.54, 1.807) is 6.92 Å². The van der Waals surface area contributed by atoms with Crippen LogP contribution in [0.2, 0.25) is 0 Å². The molecule has 1 aliphatic rings. The van der Waals surface area contributed by atoms with Crippen LogP contribution in [0.25, 0.3) is 0 Å². The molecule has 0 saturated carbocycles. The van der Waals surface area contributed by atoms with Gasteiger partial charge in [-0.25, -0.2) is 0 Å². The lowest BCUT2D eigenvalue weighted by atomic mass is 9.90. The minimum Gasteiger partial charge on any atom is -0.386 e. The molecule has 1 N–H and O–H groups in total. The minimum absolute atomic E-state index is 0.0779. The summed E-state index contributed by atoms with van der Waals surface area (Å²) in [5.41, 5.74) is -2.26. The van der Waals surface area contributed by atoms with Gasteiger partial charge >= 0.3 is 6.18 Å². The standard InChI is InChI=1S/C13H14F3NO2/c1-2-12(19)7-17(8-12)11(18)9-5-3-4-6-10(9)13(14,15)16/h3-6,19H,2,7-8H2,1H3. The first-order valence-electron chi connectivity index (χ1n) is 5.95. The summed E-state index contributed by atoms with van der Waals surface area (Å²) in [5.74, 6) is -0.689. The predicted molar refractivity (Wildman–Crippen MR) is 62.6 cm³/mol. The lowest BCUT2D eigenvalue weighted by molar-refractivity contribution is -0.138. The van der Waals surface area contributed by atoms with E-state index >= 15 is 0 Å². The molecule has 0 aliphatic carbocycles. The number of rotatable bonds is 2. The van der Waals surface area contributed by atoms with Crippen LogP contribution in [0.15, 0.2) is 24.3 Å². The van der Waals surface area contributed by atoms with Gasteiger partial charge in [-0.3, -0.25) is 4.79 Å². The topological polar surface area (TPSA) is 40.5 Å². The van der Waals surface area contributed by atoms with E-state index < -0.39 is 23.2 Å². The molecule has 0 bridgehead atoms. The highest BCUT2D eigenvalue weighted by molar-refractivity contribution is 5.96. The second-order valence-corrected chi connectivity index (χ2v) is 4.78. The molecule has 0 radical (unpaired) electrons. The van der Waals surface area contributed by atoms with Crippen molar-refractivity contribution < 1.29 is 23.1 Å². The molecular weight excluding hydrogens is 259 g/mol. The van der Waals surface area contributed by atoms with Gasteiger partial charge in [-0.15, -0.1) is 0 Å². The van der Waals surface area contributed by atoms with E-state index in [1.807, 2.05) is 0 Å². The Bertz CT molecular complexity index is 493. The molecular formula is C13H14F3NO2. The zero-order valence-electron chi connectivity index (χ0n) is 10.4. The smallest absolute Gasteiger partial charge is 0.386 e. The number of nitrogens with zero attached hydrogens (tertiary/aromatic N) is 1. The molecule has 0 unspecified atom stereocenters. The van der Waals surface area contributed by atoms with Crippen molar-refractivity contribution >= 4 is 5.91 Å². The van der Waals surface area contributed by atoms with Crippen LogP contribution in [0.3, 0.4) is 0 Å². The highest BCUT2D eigenvalue weighted by atomic mass is 19.4. The highest BCUT2D eigenvalue weighted by Gasteiger charge is 2.44. The lowest BCUT2D eigenvalue weighted by Crippen LogP contribution is -2.63. The van der Waals surface area contributed by atoms with E-state index in [1.165, 1.54) is 17.0 Å². The van der Waals surface area contributed by atoms with Crippen molar-refractivity contribution in [2.75, 3.05) is 13.1 Å². The summed E-state index contributed by atoms with van der Waals surface area (Å²) in [6.45, 7) is 1.93. The molecule has 0 atom stereocenters. The third-order valence-electron chi connectivity index (χ3n) is 3.38. The molecule has 0 spiro atoms. The average molecular weight is 273 g/mol. The molecule has 104 valence electrons. The van der Waals surface area contributed by atoms with Crippen LogP contribution >= 0.6 is 0 Å². The number of carbonyl (C=O) groups excluding carboxylic acids is 1. The fourth-order valence-corrected chi connectivity index (χ4v) is 2.12. The fourth-order valence-electron chi connectivity index (χ4n) is 2.12. The summed E-state index contributed by atoms with van der Waals surface area (Å²) in [5, 5.41) is 9.80. The average Bonchev–Trinajstić information content (AvgIpc) is 2.33. The SMILES string of the molecule is CCC1(O)CN(C(=O)c2ccccc2C(F)(F)F)C1. The number of amides is 1. The fraction of sp³-hybridized carbons (Fsp3) is 0.462. The van der Waals surface area contributed by atoms with Crippen LogP contribution in [-0.4, -0.2) is 34.6 Å². The zero-order chi connectivity index (χ0) is 14.3. The molecule has 19 heavy (non-hydrogen) atoms. The Morgan fingerprint density at radius 3 is 2.47 bits per heavy atom. The van der Waals surface area contributed by atoms with Crippen LogP contribution in [0.5, 0.6) is 0 Å². The van der Waals surface area contributed by atoms with Gasteiger partial charge in [-0.2, -0.15) is 13.2 Å². The number of hydrogen-bond acceptors (Lipinski definition) is 2. The van der Waals surface area contributed by atoms with Gasteiger partial charge in [0.2, 0.25) is 0 Å². The van der Waals surface area contributed by atoms with Crippen molar-refractivity contribution in [2.45, 2.75) is 25.1 Å². The van der Waals surface area contributed by atoms with Gasteiger partial charge in [0.1, 0.15) is 0 Å². The third kappa shape index (κ3) is 2.58.